The molecule has 0 aliphatic carbocycles. The van der Waals surface area contributed by atoms with E-state index >= 15 is 0 Å². The number of amides is 1. The van der Waals surface area contributed by atoms with E-state index in [0.717, 1.165) is 20.9 Å². The van der Waals surface area contributed by atoms with E-state index in [0.29, 0.717) is 5.02 Å². The molecule has 0 saturated carbocycles. The van der Waals surface area contributed by atoms with E-state index in [9.17, 15) is 4.79 Å². The topological polar surface area (TPSA) is 29.4 Å². The third-order valence-electron chi connectivity index (χ3n) is 3.06. The monoisotopic (exact) mass is 335 g/mol. The SMILES string of the molecule is O=C(CCl)/N=S1\c2ccccc2C=Cc2cc(Cl)ccc21. The molecule has 0 fully saturated rings. The fourth-order valence-corrected chi connectivity index (χ4v) is 4.27. The number of alkyl halides is 1. The molecular formula is C16H11Cl2NOS. The van der Waals surface area contributed by atoms with Crippen molar-refractivity contribution in [1.82, 2.24) is 0 Å². The van der Waals surface area contributed by atoms with Crippen LogP contribution in [0.1, 0.15) is 11.1 Å². The van der Waals surface area contributed by atoms with Gasteiger partial charge in [0.25, 0.3) is 5.91 Å². The average Bonchev–Trinajstić information content (AvgIpc) is 2.65. The van der Waals surface area contributed by atoms with Gasteiger partial charge in [0.2, 0.25) is 0 Å². The summed E-state index contributed by atoms with van der Waals surface area (Å²) in [4.78, 5) is 13.7. The summed E-state index contributed by atoms with van der Waals surface area (Å²) < 4.78 is 4.30. The lowest BCUT2D eigenvalue weighted by molar-refractivity contribution is -0.115. The predicted molar refractivity (Wildman–Crippen MR) is 88.9 cm³/mol. The van der Waals surface area contributed by atoms with E-state index in [1.807, 2.05) is 54.6 Å². The molecule has 1 amide bonds. The van der Waals surface area contributed by atoms with Gasteiger partial charge in [-0.3, -0.25) is 4.79 Å². The Hall–Kier alpha value is -1.42. The standard InChI is InChI=1S/C16H11Cl2NOS/c17-10-16(20)19-21-14-4-2-1-3-11(14)5-6-12-9-13(18)7-8-15(12)21/h1-9H,10H2. The maximum Gasteiger partial charge on any atom is 0.267 e. The maximum absolute atomic E-state index is 11.7. The molecule has 106 valence electrons. The lowest BCUT2D eigenvalue weighted by Gasteiger charge is -2.11. The molecule has 1 atom stereocenters. The van der Waals surface area contributed by atoms with E-state index in [1.165, 1.54) is 0 Å². The Morgan fingerprint density at radius 1 is 1.05 bits per heavy atom. The normalized spacial score (nSPS) is 16.2. The molecule has 0 aromatic heterocycles. The first-order valence-electron chi connectivity index (χ1n) is 6.30. The molecular weight excluding hydrogens is 325 g/mol. The van der Waals surface area contributed by atoms with Crippen LogP contribution >= 0.6 is 23.2 Å². The number of carbonyl (C=O) groups excluding carboxylic acids is 1. The summed E-state index contributed by atoms with van der Waals surface area (Å²) in [5.74, 6) is -0.417. The highest BCUT2D eigenvalue weighted by Gasteiger charge is 2.16. The zero-order valence-corrected chi connectivity index (χ0v) is 13.3. The van der Waals surface area contributed by atoms with Gasteiger partial charge in [0.15, 0.2) is 0 Å². The Bertz CT molecular complexity index is 784. The van der Waals surface area contributed by atoms with Crippen LogP contribution in [0.25, 0.3) is 12.2 Å². The van der Waals surface area contributed by atoms with Crippen molar-refractivity contribution in [2.45, 2.75) is 9.79 Å². The molecule has 3 rings (SSSR count). The molecule has 5 heteroatoms. The lowest BCUT2D eigenvalue weighted by Crippen LogP contribution is -2.02. The van der Waals surface area contributed by atoms with E-state index in [1.54, 1.807) is 0 Å². The molecule has 2 aromatic rings. The van der Waals surface area contributed by atoms with Crippen LogP contribution in [0, 0.1) is 0 Å². The molecule has 1 aliphatic rings. The summed E-state index contributed by atoms with van der Waals surface area (Å²) in [6, 6.07) is 13.6. The highest BCUT2D eigenvalue weighted by molar-refractivity contribution is 7.88. The molecule has 0 radical (unpaired) electrons. The van der Waals surface area contributed by atoms with Gasteiger partial charge in [0.05, 0.1) is 0 Å². The van der Waals surface area contributed by atoms with Crippen LogP contribution in [0.3, 0.4) is 0 Å². The Labute approximate surface area is 135 Å². The second-order valence-electron chi connectivity index (χ2n) is 4.46. The Morgan fingerprint density at radius 2 is 1.76 bits per heavy atom. The largest absolute Gasteiger partial charge is 0.271 e. The zero-order valence-electron chi connectivity index (χ0n) is 10.9. The van der Waals surface area contributed by atoms with Gasteiger partial charge in [-0.2, -0.15) is 4.36 Å². The van der Waals surface area contributed by atoms with Crippen molar-refractivity contribution in [3.63, 3.8) is 0 Å². The molecule has 0 saturated heterocycles. The molecule has 0 N–H and O–H groups in total. The van der Waals surface area contributed by atoms with Gasteiger partial charge in [-0.1, -0.05) is 42.0 Å². The summed E-state index contributed by atoms with van der Waals surface area (Å²) in [7, 11) is -0.680. The highest BCUT2D eigenvalue weighted by Crippen LogP contribution is 2.32. The predicted octanol–water partition coefficient (Wildman–Crippen LogP) is 4.81. The van der Waals surface area contributed by atoms with Gasteiger partial charge in [0, 0.05) is 14.8 Å². The molecule has 2 aromatic carbocycles. The van der Waals surface area contributed by atoms with Crippen molar-refractivity contribution in [2.75, 3.05) is 5.88 Å². The molecule has 2 nitrogen and oxygen atoms in total. The molecule has 0 bridgehead atoms. The smallest absolute Gasteiger partial charge is 0.267 e. The molecule has 0 spiro atoms. The van der Waals surface area contributed by atoms with Gasteiger partial charge in [-0.15, -0.1) is 11.6 Å². The number of carbonyl (C=O) groups is 1. The first kappa shape index (κ1) is 14.5. The van der Waals surface area contributed by atoms with Crippen LogP contribution in [-0.4, -0.2) is 11.8 Å². The fourth-order valence-electron chi connectivity index (χ4n) is 2.14. The van der Waals surface area contributed by atoms with E-state index < -0.39 is 10.7 Å². The van der Waals surface area contributed by atoms with Crippen molar-refractivity contribution in [3.05, 3.63) is 58.6 Å². The van der Waals surface area contributed by atoms with Crippen LogP contribution in [-0.2, 0) is 15.5 Å². The Balaban J connectivity index is 2.29. The number of rotatable bonds is 1. The third-order valence-corrected chi connectivity index (χ3v) is 5.48. The average molecular weight is 336 g/mol. The fraction of sp³-hybridized carbons (Fsp3) is 0.0625. The minimum atomic E-state index is -0.680. The number of hydrogen-bond donors (Lipinski definition) is 0. The lowest BCUT2D eigenvalue weighted by atomic mass is 10.1. The summed E-state index contributed by atoms with van der Waals surface area (Å²) in [6.45, 7) is 0. The van der Waals surface area contributed by atoms with Gasteiger partial charge >= 0.3 is 0 Å². The zero-order chi connectivity index (χ0) is 14.8. The minimum absolute atomic E-state index is 0.109. The van der Waals surface area contributed by atoms with Crippen molar-refractivity contribution in [3.8, 4) is 0 Å². The molecule has 1 heterocycles. The summed E-state index contributed by atoms with van der Waals surface area (Å²) in [5.41, 5.74) is 2.03. The van der Waals surface area contributed by atoms with Crippen molar-refractivity contribution < 1.29 is 4.79 Å². The minimum Gasteiger partial charge on any atom is -0.271 e. The molecule has 1 aliphatic heterocycles. The first-order chi connectivity index (χ1) is 10.2. The molecule has 21 heavy (non-hydrogen) atoms. The number of nitrogens with zero attached hydrogens (tertiary/aromatic N) is 1. The Morgan fingerprint density at radius 3 is 2.57 bits per heavy atom. The number of benzene rings is 2. The highest BCUT2D eigenvalue weighted by atomic mass is 35.5. The molecule has 1 unspecified atom stereocenters. The van der Waals surface area contributed by atoms with Gasteiger partial charge < -0.3 is 0 Å². The second kappa shape index (κ2) is 6.14. The van der Waals surface area contributed by atoms with Gasteiger partial charge in [-0.05, 0) is 46.1 Å². The van der Waals surface area contributed by atoms with Gasteiger partial charge in [-0.25, -0.2) is 0 Å². The third kappa shape index (κ3) is 2.95. The van der Waals surface area contributed by atoms with Crippen LogP contribution in [0.15, 0.2) is 56.6 Å². The quantitative estimate of drug-likeness (QED) is 0.587. The van der Waals surface area contributed by atoms with E-state index in [4.69, 9.17) is 23.2 Å². The first-order valence-corrected chi connectivity index (χ1v) is 8.40. The summed E-state index contributed by atoms with van der Waals surface area (Å²) in [5, 5.41) is 0.663. The van der Waals surface area contributed by atoms with E-state index in [2.05, 4.69) is 4.36 Å². The van der Waals surface area contributed by atoms with Gasteiger partial charge in [0.1, 0.15) is 5.88 Å². The van der Waals surface area contributed by atoms with Crippen molar-refractivity contribution in [2.24, 2.45) is 4.36 Å². The van der Waals surface area contributed by atoms with Crippen LogP contribution in [0.4, 0.5) is 0 Å². The summed E-state index contributed by atoms with van der Waals surface area (Å²) >= 11 is 11.7. The Kier molecular flexibility index (Phi) is 4.24. The summed E-state index contributed by atoms with van der Waals surface area (Å²) in [6.07, 6.45) is 4.03. The number of halogens is 2. The van der Waals surface area contributed by atoms with Crippen LogP contribution in [0.2, 0.25) is 5.02 Å². The van der Waals surface area contributed by atoms with E-state index in [-0.39, 0.29) is 11.8 Å². The van der Waals surface area contributed by atoms with Crippen molar-refractivity contribution in [1.29, 1.82) is 0 Å². The number of fused-ring (bicyclic) bond motifs is 2. The maximum atomic E-state index is 11.7. The van der Waals surface area contributed by atoms with Crippen molar-refractivity contribution >= 4 is 52.0 Å². The van der Waals surface area contributed by atoms with Crippen LogP contribution in [0.5, 0.6) is 0 Å². The number of hydrogen-bond acceptors (Lipinski definition) is 1. The second-order valence-corrected chi connectivity index (χ2v) is 6.79. The van der Waals surface area contributed by atoms with Crippen LogP contribution < -0.4 is 0 Å².